The number of hydrogen-bond donors (Lipinski definition) is 0. The van der Waals surface area contributed by atoms with Gasteiger partial charge in [-0.3, -0.25) is 18.6 Å². The van der Waals surface area contributed by atoms with Gasteiger partial charge < -0.3 is 4.74 Å². The Balaban J connectivity index is 1.61. The summed E-state index contributed by atoms with van der Waals surface area (Å²) in [5.41, 5.74) is 3.15. The van der Waals surface area contributed by atoms with E-state index in [0.29, 0.717) is 33.1 Å². The minimum absolute atomic E-state index is 0.0124. The van der Waals surface area contributed by atoms with Gasteiger partial charge in [-0.25, -0.2) is 0 Å². The van der Waals surface area contributed by atoms with Crippen LogP contribution < -0.4 is 10.3 Å². The third kappa shape index (κ3) is 4.21. The Morgan fingerprint density at radius 2 is 1.71 bits per heavy atom. The number of rotatable bonds is 7. The second-order valence-electron chi connectivity index (χ2n) is 8.33. The highest BCUT2D eigenvalue weighted by molar-refractivity contribution is 8.00. The maximum absolute atomic E-state index is 13.5. The van der Waals surface area contributed by atoms with Gasteiger partial charge >= 0.3 is 0 Å². The van der Waals surface area contributed by atoms with Gasteiger partial charge in [0, 0.05) is 11.1 Å². The van der Waals surface area contributed by atoms with Crippen LogP contribution in [-0.2, 0) is 6.54 Å². The number of aryl methyl sites for hydroxylation is 1. The molecule has 35 heavy (non-hydrogen) atoms. The molecule has 0 spiro atoms. The zero-order valence-corrected chi connectivity index (χ0v) is 20.5. The van der Waals surface area contributed by atoms with Gasteiger partial charge in [0.2, 0.25) is 5.78 Å². The number of methoxy groups -OCH3 is 1. The number of fused-ring (bicyclic) bond motifs is 3. The van der Waals surface area contributed by atoms with Gasteiger partial charge in [-0.05, 0) is 32.0 Å². The van der Waals surface area contributed by atoms with Crippen molar-refractivity contribution in [1.29, 1.82) is 0 Å². The van der Waals surface area contributed by atoms with Crippen LogP contribution in [0.15, 0.2) is 82.7 Å². The Kier molecular flexibility index (Phi) is 6.13. The molecule has 7 nitrogen and oxygen atoms in total. The van der Waals surface area contributed by atoms with E-state index in [1.807, 2.05) is 85.0 Å². The number of benzene rings is 3. The van der Waals surface area contributed by atoms with Gasteiger partial charge in [0.15, 0.2) is 10.9 Å². The molecule has 0 radical (unpaired) electrons. The minimum Gasteiger partial charge on any atom is -0.496 e. The van der Waals surface area contributed by atoms with Crippen molar-refractivity contribution in [3.8, 4) is 5.75 Å². The number of para-hydroxylation sites is 2. The highest BCUT2D eigenvalue weighted by atomic mass is 32.2. The van der Waals surface area contributed by atoms with Gasteiger partial charge in [-0.1, -0.05) is 71.9 Å². The number of Topliss-reactive ketones (excluding diaryl/α,β-unsaturated/α-hetero) is 1. The lowest BCUT2D eigenvalue weighted by Gasteiger charge is -2.14. The van der Waals surface area contributed by atoms with Crippen molar-refractivity contribution in [2.24, 2.45) is 0 Å². The molecular weight excluding hydrogens is 460 g/mol. The SMILES string of the molecule is COc1ccccc1Cn1c(=O)c2ccccc2n2c(SC(C)C(=O)c3ccc(C)cc3)nnc12. The normalized spacial score (nSPS) is 12.2. The lowest BCUT2D eigenvalue weighted by atomic mass is 10.1. The Hall–Kier alpha value is -3.91. The fourth-order valence-electron chi connectivity index (χ4n) is 4.12. The van der Waals surface area contributed by atoms with Crippen LogP contribution in [-0.4, -0.2) is 37.3 Å². The first-order valence-electron chi connectivity index (χ1n) is 11.2. The summed E-state index contributed by atoms with van der Waals surface area (Å²) in [6, 6.07) is 22.5. The fraction of sp³-hybridized carbons (Fsp3) is 0.185. The van der Waals surface area contributed by atoms with Gasteiger partial charge in [-0.15, -0.1) is 10.2 Å². The molecule has 0 aliphatic heterocycles. The predicted octanol–water partition coefficient (Wildman–Crippen LogP) is 4.77. The molecule has 0 aliphatic rings. The first-order chi connectivity index (χ1) is 17.0. The van der Waals surface area contributed by atoms with E-state index < -0.39 is 5.25 Å². The van der Waals surface area contributed by atoms with Crippen molar-refractivity contribution in [1.82, 2.24) is 19.2 Å². The number of carbonyl (C=O) groups excluding carboxylic acids is 1. The molecule has 0 aliphatic carbocycles. The Morgan fingerprint density at radius 1 is 1.00 bits per heavy atom. The molecule has 1 unspecified atom stereocenters. The number of nitrogens with zero attached hydrogens (tertiary/aromatic N) is 4. The van der Waals surface area contributed by atoms with Gasteiger partial charge in [0.05, 0.1) is 29.8 Å². The maximum Gasteiger partial charge on any atom is 0.263 e. The number of hydrogen-bond acceptors (Lipinski definition) is 6. The van der Waals surface area contributed by atoms with E-state index in [2.05, 4.69) is 10.2 Å². The molecule has 3 aromatic carbocycles. The molecule has 0 saturated heterocycles. The van der Waals surface area contributed by atoms with Crippen molar-refractivity contribution in [2.45, 2.75) is 30.8 Å². The lowest BCUT2D eigenvalue weighted by molar-refractivity contribution is 0.0994. The molecule has 2 heterocycles. The van der Waals surface area contributed by atoms with Crippen molar-refractivity contribution in [3.63, 3.8) is 0 Å². The second-order valence-corrected chi connectivity index (χ2v) is 9.64. The van der Waals surface area contributed by atoms with Crippen LogP contribution in [0.25, 0.3) is 16.7 Å². The predicted molar refractivity (Wildman–Crippen MR) is 138 cm³/mol. The molecule has 5 aromatic rings. The molecule has 0 bridgehead atoms. The summed E-state index contributed by atoms with van der Waals surface area (Å²) in [7, 11) is 1.61. The molecule has 0 saturated carbocycles. The topological polar surface area (TPSA) is 78.5 Å². The smallest absolute Gasteiger partial charge is 0.263 e. The summed E-state index contributed by atoms with van der Waals surface area (Å²) in [5, 5.41) is 9.49. The number of thioether (sulfide) groups is 1. The van der Waals surface area contributed by atoms with Crippen molar-refractivity contribution in [2.75, 3.05) is 7.11 Å². The van der Waals surface area contributed by atoms with Crippen LogP contribution in [0.4, 0.5) is 0 Å². The van der Waals surface area contributed by atoms with Crippen LogP contribution in [0.1, 0.15) is 28.4 Å². The Labute approximate surface area is 206 Å². The Bertz CT molecular complexity index is 1610. The largest absolute Gasteiger partial charge is 0.496 e. The lowest BCUT2D eigenvalue weighted by Crippen LogP contribution is -2.24. The molecule has 2 aromatic heterocycles. The van der Waals surface area contributed by atoms with Crippen LogP contribution in [0.3, 0.4) is 0 Å². The highest BCUT2D eigenvalue weighted by Crippen LogP contribution is 2.28. The average molecular weight is 485 g/mol. The van der Waals surface area contributed by atoms with E-state index in [9.17, 15) is 9.59 Å². The van der Waals surface area contributed by atoms with Crippen LogP contribution >= 0.6 is 11.8 Å². The summed E-state index contributed by atoms with van der Waals surface area (Å²) in [4.78, 5) is 26.5. The molecule has 8 heteroatoms. The number of aromatic nitrogens is 4. The Morgan fingerprint density at radius 3 is 2.49 bits per heavy atom. The molecule has 176 valence electrons. The monoisotopic (exact) mass is 484 g/mol. The van der Waals surface area contributed by atoms with Crippen LogP contribution in [0.5, 0.6) is 5.75 Å². The highest BCUT2D eigenvalue weighted by Gasteiger charge is 2.22. The molecule has 0 amide bonds. The zero-order chi connectivity index (χ0) is 24.5. The number of ether oxygens (including phenoxy) is 1. The number of ketones is 1. The van der Waals surface area contributed by atoms with Crippen molar-refractivity contribution >= 4 is 34.2 Å². The van der Waals surface area contributed by atoms with Gasteiger partial charge in [-0.2, -0.15) is 0 Å². The molecule has 1 atom stereocenters. The summed E-state index contributed by atoms with van der Waals surface area (Å²) in [6.07, 6.45) is 0. The standard InChI is InChI=1S/C27H24N4O3S/c1-17-12-14-19(15-13-17)24(32)18(2)35-27-29-28-26-30(16-20-8-4-7-11-23(20)34-3)25(33)21-9-5-6-10-22(21)31(26)27/h4-15,18H,16H2,1-3H3. The summed E-state index contributed by atoms with van der Waals surface area (Å²) < 4.78 is 8.95. The van der Waals surface area contributed by atoms with Crippen LogP contribution in [0.2, 0.25) is 0 Å². The third-order valence-electron chi connectivity index (χ3n) is 5.99. The van der Waals surface area contributed by atoms with Gasteiger partial charge in [0.25, 0.3) is 5.56 Å². The quantitative estimate of drug-likeness (QED) is 0.245. The fourth-order valence-corrected chi connectivity index (χ4v) is 5.05. The third-order valence-corrected chi connectivity index (χ3v) is 7.03. The van der Waals surface area contributed by atoms with E-state index in [1.165, 1.54) is 11.8 Å². The van der Waals surface area contributed by atoms with E-state index in [0.717, 1.165) is 11.1 Å². The van der Waals surface area contributed by atoms with Gasteiger partial charge in [0.1, 0.15) is 5.75 Å². The van der Waals surface area contributed by atoms with E-state index >= 15 is 0 Å². The number of carbonyl (C=O) groups is 1. The summed E-state index contributed by atoms with van der Waals surface area (Å²) >= 11 is 1.33. The summed E-state index contributed by atoms with van der Waals surface area (Å²) in [6.45, 7) is 4.13. The minimum atomic E-state index is -0.390. The molecule has 5 rings (SSSR count). The average Bonchev–Trinajstić information content (AvgIpc) is 3.30. The van der Waals surface area contributed by atoms with E-state index in [-0.39, 0.29) is 17.9 Å². The van der Waals surface area contributed by atoms with Crippen molar-refractivity contribution in [3.05, 3.63) is 99.8 Å². The first kappa shape index (κ1) is 22.9. The van der Waals surface area contributed by atoms with Crippen LogP contribution in [0, 0.1) is 6.92 Å². The van der Waals surface area contributed by atoms with E-state index in [1.54, 1.807) is 17.7 Å². The van der Waals surface area contributed by atoms with Crippen molar-refractivity contribution < 1.29 is 9.53 Å². The van der Waals surface area contributed by atoms with E-state index in [4.69, 9.17) is 4.74 Å². The maximum atomic E-state index is 13.5. The molecular formula is C27H24N4O3S. The first-order valence-corrected chi connectivity index (χ1v) is 12.1. The second kappa shape index (κ2) is 9.38. The summed E-state index contributed by atoms with van der Waals surface area (Å²) in [5.74, 6) is 1.12. The molecule has 0 fully saturated rings. The zero-order valence-electron chi connectivity index (χ0n) is 19.6. The molecule has 0 N–H and O–H groups in total.